The summed E-state index contributed by atoms with van der Waals surface area (Å²) in [6, 6.07) is 7.95. The molecule has 0 fully saturated rings. The fraction of sp³-hybridized carbons (Fsp3) is 0.222. The first-order chi connectivity index (χ1) is 11.9. The summed E-state index contributed by atoms with van der Waals surface area (Å²) in [5, 5.41) is 5.43. The number of rotatable bonds is 5. The van der Waals surface area contributed by atoms with Crippen LogP contribution in [0.5, 0.6) is 11.5 Å². The van der Waals surface area contributed by atoms with Gasteiger partial charge in [-0.1, -0.05) is 0 Å². The molecule has 3 heterocycles. The molecule has 0 radical (unpaired) electrons. The summed E-state index contributed by atoms with van der Waals surface area (Å²) in [4.78, 5) is 8.70. The van der Waals surface area contributed by atoms with E-state index in [4.69, 9.17) is 15.2 Å². The van der Waals surface area contributed by atoms with Crippen molar-refractivity contribution < 1.29 is 9.47 Å². The van der Waals surface area contributed by atoms with Gasteiger partial charge >= 0.3 is 0 Å². The van der Waals surface area contributed by atoms with E-state index >= 15 is 0 Å². The van der Waals surface area contributed by atoms with Gasteiger partial charge in [0.2, 0.25) is 6.79 Å². The van der Waals surface area contributed by atoms with Gasteiger partial charge in [-0.2, -0.15) is 0 Å². The van der Waals surface area contributed by atoms with Crippen molar-refractivity contribution >= 4 is 16.6 Å². The van der Waals surface area contributed by atoms with Gasteiger partial charge in [-0.25, -0.2) is 4.98 Å². The van der Waals surface area contributed by atoms with Crippen LogP contribution in [0.25, 0.3) is 21.9 Å². The van der Waals surface area contributed by atoms with E-state index in [0.717, 1.165) is 52.2 Å². The van der Waals surface area contributed by atoms with Crippen molar-refractivity contribution in [1.29, 1.82) is 0 Å². The van der Waals surface area contributed by atoms with Crippen LogP contribution in [0, 0.1) is 0 Å². The van der Waals surface area contributed by atoms with Crippen molar-refractivity contribution in [3.63, 3.8) is 0 Å². The molecule has 2 aromatic heterocycles. The molecule has 0 aliphatic carbocycles. The van der Waals surface area contributed by atoms with Crippen LogP contribution in [-0.2, 0) is 0 Å². The third kappa shape index (κ3) is 2.61. The van der Waals surface area contributed by atoms with Crippen LogP contribution in [0.4, 0.5) is 5.82 Å². The highest BCUT2D eigenvalue weighted by Crippen LogP contribution is 2.41. The lowest BCUT2D eigenvalue weighted by Crippen LogP contribution is -2.09. The maximum absolute atomic E-state index is 5.58. The standard InChI is InChI=1S/C18H18N4O2/c19-4-1-5-21-18-14-9-17-16(23-11-24-17)8-13(14)15(10-22-18)12-2-6-20-7-3-12/h2-3,6-10H,1,4-5,11,19H2,(H,21,22). The number of nitrogens with zero attached hydrogens (tertiary/aromatic N) is 2. The largest absolute Gasteiger partial charge is 0.454 e. The van der Waals surface area contributed by atoms with Gasteiger partial charge < -0.3 is 20.5 Å². The Morgan fingerprint density at radius 1 is 1.08 bits per heavy atom. The Balaban J connectivity index is 1.87. The number of ether oxygens (including phenoxy) is 2. The molecular formula is C18H18N4O2. The third-order valence-electron chi connectivity index (χ3n) is 4.05. The molecule has 122 valence electrons. The van der Waals surface area contributed by atoms with Gasteiger partial charge in [0, 0.05) is 36.1 Å². The van der Waals surface area contributed by atoms with Gasteiger partial charge in [0.05, 0.1) is 0 Å². The Morgan fingerprint density at radius 2 is 1.83 bits per heavy atom. The summed E-state index contributed by atoms with van der Waals surface area (Å²) >= 11 is 0. The van der Waals surface area contributed by atoms with Crippen LogP contribution in [0.15, 0.2) is 42.9 Å². The fourth-order valence-corrected chi connectivity index (χ4v) is 2.84. The lowest BCUT2D eigenvalue weighted by Gasteiger charge is -2.13. The quantitative estimate of drug-likeness (QED) is 0.703. The number of nitrogens with two attached hydrogens (primary N) is 1. The molecule has 1 aliphatic heterocycles. The highest BCUT2D eigenvalue weighted by Gasteiger charge is 2.18. The smallest absolute Gasteiger partial charge is 0.231 e. The van der Waals surface area contributed by atoms with Crippen molar-refractivity contribution in [3.05, 3.63) is 42.9 Å². The molecule has 0 spiro atoms. The zero-order valence-electron chi connectivity index (χ0n) is 13.2. The second kappa shape index (κ2) is 6.33. The van der Waals surface area contributed by atoms with Gasteiger partial charge in [-0.05, 0) is 48.2 Å². The average molecular weight is 322 g/mol. The maximum Gasteiger partial charge on any atom is 0.231 e. The Kier molecular flexibility index (Phi) is 3.88. The molecule has 0 amide bonds. The Bertz CT molecular complexity index is 868. The number of anilines is 1. The average Bonchev–Trinajstić information content (AvgIpc) is 3.08. The zero-order valence-corrected chi connectivity index (χ0v) is 13.2. The van der Waals surface area contributed by atoms with Crippen molar-refractivity contribution in [2.75, 3.05) is 25.2 Å². The Hall–Kier alpha value is -2.86. The van der Waals surface area contributed by atoms with Crippen LogP contribution in [-0.4, -0.2) is 29.9 Å². The molecule has 3 aromatic rings. The van der Waals surface area contributed by atoms with E-state index in [1.165, 1.54) is 0 Å². The van der Waals surface area contributed by atoms with Crippen molar-refractivity contribution in [2.45, 2.75) is 6.42 Å². The Labute approximate surface area is 139 Å². The summed E-state index contributed by atoms with van der Waals surface area (Å²) in [5.74, 6) is 2.34. The molecule has 4 rings (SSSR count). The van der Waals surface area contributed by atoms with Gasteiger partial charge in [0.15, 0.2) is 11.5 Å². The molecule has 1 aliphatic rings. The molecular weight excluding hydrogens is 304 g/mol. The molecule has 3 N–H and O–H groups in total. The van der Waals surface area contributed by atoms with Gasteiger partial charge in [0.25, 0.3) is 0 Å². The fourth-order valence-electron chi connectivity index (χ4n) is 2.84. The predicted molar refractivity (Wildman–Crippen MR) is 93.3 cm³/mol. The SMILES string of the molecule is NCCCNc1ncc(-c2ccncc2)c2cc3c(cc12)OCO3. The van der Waals surface area contributed by atoms with E-state index in [0.29, 0.717) is 6.54 Å². The van der Waals surface area contributed by atoms with E-state index in [2.05, 4.69) is 15.3 Å². The van der Waals surface area contributed by atoms with Crippen LogP contribution in [0.2, 0.25) is 0 Å². The number of hydrogen-bond acceptors (Lipinski definition) is 6. The summed E-state index contributed by atoms with van der Waals surface area (Å²) in [6.45, 7) is 1.67. The number of hydrogen-bond donors (Lipinski definition) is 2. The lowest BCUT2D eigenvalue weighted by atomic mass is 10.0. The van der Waals surface area contributed by atoms with Crippen molar-refractivity contribution in [3.8, 4) is 22.6 Å². The summed E-state index contributed by atoms with van der Waals surface area (Å²) in [7, 11) is 0. The topological polar surface area (TPSA) is 82.3 Å². The number of fused-ring (bicyclic) bond motifs is 2. The number of aromatic nitrogens is 2. The molecule has 24 heavy (non-hydrogen) atoms. The highest BCUT2D eigenvalue weighted by atomic mass is 16.7. The molecule has 0 unspecified atom stereocenters. The van der Waals surface area contributed by atoms with Gasteiger partial charge in [-0.15, -0.1) is 0 Å². The van der Waals surface area contributed by atoms with Crippen LogP contribution in [0.1, 0.15) is 6.42 Å². The molecule has 0 saturated heterocycles. The van der Waals surface area contributed by atoms with E-state index in [-0.39, 0.29) is 6.79 Å². The second-order valence-electron chi connectivity index (χ2n) is 5.58. The normalized spacial score (nSPS) is 12.5. The van der Waals surface area contributed by atoms with Crippen LogP contribution < -0.4 is 20.5 Å². The molecule has 0 saturated carbocycles. The van der Waals surface area contributed by atoms with Crippen LogP contribution in [0.3, 0.4) is 0 Å². The zero-order chi connectivity index (χ0) is 16.4. The predicted octanol–water partition coefficient (Wildman–Crippen LogP) is 2.79. The number of nitrogens with one attached hydrogen (secondary N) is 1. The van der Waals surface area contributed by atoms with Gasteiger partial charge in [0.1, 0.15) is 5.82 Å². The minimum atomic E-state index is 0.250. The minimum Gasteiger partial charge on any atom is -0.454 e. The van der Waals surface area contributed by atoms with Crippen molar-refractivity contribution in [2.24, 2.45) is 5.73 Å². The van der Waals surface area contributed by atoms with E-state index in [9.17, 15) is 0 Å². The monoisotopic (exact) mass is 322 g/mol. The third-order valence-corrected chi connectivity index (χ3v) is 4.05. The second-order valence-corrected chi connectivity index (χ2v) is 5.58. The first-order valence-electron chi connectivity index (χ1n) is 7.93. The maximum atomic E-state index is 5.58. The molecule has 0 atom stereocenters. The first-order valence-corrected chi connectivity index (χ1v) is 7.93. The van der Waals surface area contributed by atoms with Gasteiger partial charge in [-0.3, -0.25) is 4.98 Å². The summed E-state index contributed by atoms with van der Waals surface area (Å²) in [5.41, 5.74) is 7.68. The summed E-state index contributed by atoms with van der Waals surface area (Å²) in [6.07, 6.45) is 6.33. The molecule has 1 aromatic carbocycles. The lowest BCUT2D eigenvalue weighted by molar-refractivity contribution is 0.174. The molecule has 6 nitrogen and oxygen atoms in total. The van der Waals surface area contributed by atoms with E-state index in [1.54, 1.807) is 12.4 Å². The Morgan fingerprint density at radius 3 is 2.58 bits per heavy atom. The van der Waals surface area contributed by atoms with E-state index in [1.807, 2.05) is 30.5 Å². The summed E-state index contributed by atoms with van der Waals surface area (Å²) < 4.78 is 11.1. The van der Waals surface area contributed by atoms with Crippen LogP contribution >= 0.6 is 0 Å². The first kappa shape index (κ1) is 14.7. The van der Waals surface area contributed by atoms with E-state index < -0.39 is 0 Å². The molecule has 0 bridgehead atoms. The minimum absolute atomic E-state index is 0.250. The molecule has 6 heteroatoms. The van der Waals surface area contributed by atoms with Crippen molar-refractivity contribution in [1.82, 2.24) is 9.97 Å². The highest BCUT2D eigenvalue weighted by molar-refractivity contribution is 6.03. The number of benzene rings is 1. The number of pyridine rings is 2.